The molecule has 0 saturated carbocycles. The second kappa shape index (κ2) is 10.5. The van der Waals surface area contributed by atoms with Crippen LogP contribution in [0.3, 0.4) is 0 Å². The molecule has 0 fully saturated rings. The Kier molecular flexibility index (Phi) is 7.94. The molecule has 0 aliphatic heterocycles. The van der Waals surface area contributed by atoms with E-state index in [1.54, 1.807) is 0 Å². The zero-order chi connectivity index (χ0) is 17.0. The molecule has 3 rings (SSSR count). The number of benzene rings is 3. The van der Waals surface area contributed by atoms with Gasteiger partial charge in [-0.25, -0.2) is 4.99 Å². The van der Waals surface area contributed by atoms with E-state index in [1.807, 2.05) is 78.9 Å². The van der Waals surface area contributed by atoms with Gasteiger partial charge in [-0.15, -0.1) is 0 Å². The zero-order valence-electron chi connectivity index (χ0n) is 14.3. The summed E-state index contributed by atoms with van der Waals surface area (Å²) in [6.07, 6.45) is 0. The molecule has 0 aliphatic rings. The Labute approximate surface area is 152 Å². The van der Waals surface area contributed by atoms with Gasteiger partial charge in [0.1, 0.15) is 5.84 Å². The summed E-state index contributed by atoms with van der Waals surface area (Å²) in [6, 6.07) is 30.2. The van der Waals surface area contributed by atoms with Crippen molar-refractivity contribution in [3.8, 4) is 0 Å². The number of para-hydroxylation sites is 2. The summed E-state index contributed by atoms with van der Waals surface area (Å²) in [5.74, 6) is 0.841. The van der Waals surface area contributed by atoms with Crippen LogP contribution < -0.4 is 5.32 Å². The summed E-state index contributed by atoms with van der Waals surface area (Å²) < 4.78 is 0. The van der Waals surface area contributed by atoms with E-state index in [0.717, 1.165) is 22.8 Å². The Balaban J connectivity index is 0.000000647. The van der Waals surface area contributed by atoms with Crippen molar-refractivity contribution in [2.75, 3.05) is 5.32 Å². The molecule has 3 aromatic rings. The van der Waals surface area contributed by atoms with E-state index in [4.69, 9.17) is 4.99 Å². The molecule has 0 aliphatic carbocycles. The Morgan fingerprint density at radius 2 is 1.17 bits per heavy atom. The minimum absolute atomic E-state index is 0.125. The molecule has 24 heavy (non-hydrogen) atoms. The van der Waals surface area contributed by atoms with Crippen LogP contribution in [0.5, 0.6) is 0 Å². The van der Waals surface area contributed by atoms with Crippen LogP contribution in [-0.2, 0) is 0 Å². The fraction of sp³-hybridized carbons (Fsp3) is 0.0952. The first-order valence-corrected chi connectivity index (χ1v) is 14.3. The van der Waals surface area contributed by atoms with Gasteiger partial charge in [0.05, 0.1) is 5.69 Å². The average Bonchev–Trinajstić information content (AvgIpc) is 2.64. The van der Waals surface area contributed by atoms with Crippen LogP contribution in [0.2, 0.25) is 11.0 Å². The van der Waals surface area contributed by atoms with E-state index in [-0.39, 0.29) is 17.4 Å². The maximum atomic E-state index is 4.73. The molecule has 0 radical (unpaired) electrons. The monoisotopic (exact) mass is 372 g/mol. The van der Waals surface area contributed by atoms with Crippen LogP contribution in [0.15, 0.2) is 96.0 Å². The van der Waals surface area contributed by atoms with Crippen LogP contribution in [0.1, 0.15) is 5.56 Å². The van der Waals surface area contributed by atoms with E-state index < -0.39 is 0 Å². The van der Waals surface area contributed by atoms with Crippen LogP contribution in [0.4, 0.5) is 11.4 Å². The minimum Gasteiger partial charge on any atom is -0.340 e. The van der Waals surface area contributed by atoms with Crippen molar-refractivity contribution in [1.82, 2.24) is 0 Å². The summed E-state index contributed by atoms with van der Waals surface area (Å²) in [5.41, 5.74) is 7.64. The maximum absolute atomic E-state index is 4.73. The Hall–Kier alpha value is -2.23. The smallest absolute Gasteiger partial charge is 0.138 e. The van der Waals surface area contributed by atoms with Gasteiger partial charge in [-0.3, -0.25) is 0 Å². The third kappa shape index (κ3) is 6.11. The Bertz CT molecular complexity index is 726. The number of nitrogens with zero attached hydrogens (tertiary/aromatic N) is 1. The molecule has 0 aromatic heterocycles. The largest absolute Gasteiger partial charge is 0.340 e. The first-order chi connectivity index (χ1) is 11.8. The van der Waals surface area contributed by atoms with Gasteiger partial charge in [-0.2, -0.15) is 0 Å². The second-order valence-corrected chi connectivity index (χ2v) is 8.33. The number of hydrogen-bond acceptors (Lipinski definition) is 1. The topological polar surface area (TPSA) is 24.4 Å². The van der Waals surface area contributed by atoms with Crippen molar-refractivity contribution < 1.29 is 0 Å². The van der Waals surface area contributed by atoms with Gasteiger partial charge in [0.25, 0.3) is 0 Å². The van der Waals surface area contributed by atoms with Crippen LogP contribution in [0, 0.1) is 0 Å². The molecular weight excluding hydrogens is 350 g/mol. The quantitative estimate of drug-likeness (QED) is 0.371. The molecule has 0 amide bonds. The number of anilines is 1. The van der Waals surface area contributed by atoms with Crippen molar-refractivity contribution in [3.63, 3.8) is 0 Å². The molecule has 0 heterocycles. The number of hydrogen-bond donors (Lipinski definition) is 1. The van der Waals surface area contributed by atoms with Crippen LogP contribution in [0.25, 0.3) is 0 Å². The molecule has 0 bridgehead atoms. The average molecular weight is 373 g/mol. The van der Waals surface area contributed by atoms with E-state index in [9.17, 15) is 0 Å². The van der Waals surface area contributed by atoms with Gasteiger partial charge < -0.3 is 5.32 Å². The van der Waals surface area contributed by atoms with E-state index >= 15 is 0 Å². The molecule has 120 valence electrons. The minimum atomic E-state index is 0.125. The van der Waals surface area contributed by atoms with Gasteiger partial charge in [0, 0.05) is 11.3 Å². The first kappa shape index (κ1) is 18.1. The number of nitrogens with one attached hydrogen (secondary N) is 1. The van der Waals surface area contributed by atoms with Crippen molar-refractivity contribution in [3.05, 3.63) is 96.6 Å². The van der Waals surface area contributed by atoms with Crippen LogP contribution in [-0.4, -0.2) is 23.2 Å². The summed E-state index contributed by atoms with van der Waals surface area (Å²) in [4.78, 5) is 4.73. The molecule has 3 heteroatoms. The Morgan fingerprint density at radius 1 is 0.708 bits per heavy atom. The second-order valence-electron chi connectivity index (χ2n) is 5.36. The predicted octanol–water partition coefficient (Wildman–Crippen LogP) is 5.40. The van der Waals surface area contributed by atoms with Gasteiger partial charge in [0.15, 0.2) is 0 Å². The van der Waals surface area contributed by atoms with Gasteiger partial charge >= 0.3 is 28.4 Å². The predicted molar refractivity (Wildman–Crippen MR) is 108 cm³/mol. The SMILES string of the molecule is [CH3][GaH][CH3].c1ccc(N=C(Nc2ccccc2)c2ccccc2)cc1. The van der Waals surface area contributed by atoms with Crippen molar-refractivity contribution in [2.24, 2.45) is 4.99 Å². The molecule has 3 aromatic carbocycles. The third-order valence-corrected chi connectivity index (χ3v) is 3.08. The first-order valence-electron chi connectivity index (χ1n) is 8.34. The van der Waals surface area contributed by atoms with Gasteiger partial charge in [0.2, 0.25) is 0 Å². The van der Waals surface area contributed by atoms with Crippen molar-refractivity contribution >= 4 is 34.6 Å². The number of rotatable bonds is 3. The van der Waals surface area contributed by atoms with Crippen LogP contribution >= 0.6 is 0 Å². The van der Waals surface area contributed by atoms with Gasteiger partial charge in [-0.1, -0.05) is 66.7 Å². The molecule has 0 saturated heterocycles. The molecule has 0 unspecified atom stereocenters. The van der Waals surface area contributed by atoms with E-state index in [2.05, 4.69) is 28.4 Å². The van der Waals surface area contributed by atoms with Gasteiger partial charge in [-0.05, 0) is 24.3 Å². The summed E-state index contributed by atoms with van der Waals surface area (Å²) in [7, 11) is 0. The molecule has 0 spiro atoms. The van der Waals surface area contributed by atoms with E-state index in [1.165, 1.54) is 0 Å². The maximum Gasteiger partial charge on any atom is 0.138 e. The van der Waals surface area contributed by atoms with Crippen molar-refractivity contribution in [1.29, 1.82) is 0 Å². The number of aliphatic imine (C=N–C) groups is 1. The normalized spacial score (nSPS) is 10.3. The molecular formula is C21H23GaN2. The molecule has 0 atom stereocenters. The zero-order valence-corrected chi connectivity index (χ0v) is 17.3. The molecule has 1 N–H and O–H groups in total. The summed E-state index contributed by atoms with van der Waals surface area (Å²) >= 11 is 0.125. The Morgan fingerprint density at radius 3 is 1.71 bits per heavy atom. The van der Waals surface area contributed by atoms with E-state index in [0.29, 0.717) is 0 Å². The summed E-state index contributed by atoms with van der Waals surface area (Å²) in [5, 5.41) is 3.39. The van der Waals surface area contributed by atoms with Crippen molar-refractivity contribution in [2.45, 2.75) is 11.0 Å². The fourth-order valence-corrected chi connectivity index (χ4v) is 2.05. The summed E-state index contributed by atoms with van der Waals surface area (Å²) in [6.45, 7) is 0. The standard InChI is InChI=1S/C19H16N2.2CH3.Ga.H/c1-4-10-16(11-5-1)19(20-17-12-6-2-7-13-17)21-18-14-8-3-9-15-18;;;;/h1-15H,(H,20,21);2*1H3;;. The number of amidine groups is 1. The fourth-order valence-electron chi connectivity index (χ4n) is 2.05. The molecule has 2 nitrogen and oxygen atoms in total. The third-order valence-electron chi connectivity index (χ3n) is 3.08.